The fourth-order valence-electron chi connectivity index (χ4n) is 4.41. The van der Waals surface area contributed by atoms with Crippen LogP contribution < -0.4 is 0 Å². The highest BCUT2D eigenvalue weighted by atomic mass is 16.6. The molecule has 2 saturated carbocycles. The van der Waals surface area contributed by atoms with Gasteiger partial charge in [0, 0.05) is 6.42 Å². The van der Waals surface area contributed by atoms with E-state index in [0.29, 0.717) is 0 Å². The van der Waals surface area contributed by atoms with Crippen LogP contribution in [0.4, 0.5) is 0 Å². The SMILES string of the molecule is CC1(C)[C@@H]2CC[C@@H](C2)[C@]12CCC(O)O2. The Balaban J connectivity index is 1.99. The molecule has 0 aromatic heterocycles. The minimum Gasteiger partial charge on any atom is -0.368 e. The summed E-state index contributed by atoms with van der Waals surface area (Å²) in [6, 6.07) is 0. The molecule has 2 aliphatic carbocycles. The molecule has 2 nitrogen and oxygen atoms in total. The Kier molecular flexibility index (Phi) is 1.66. The molecule has 4 atom stereocenters. The minimum absolute atomic E-state index is 0.0231. The lowest BCUT2D eigenvalue weighted by molar-refractivity contribution is -0.198. The van der Waals surface area contributed by atoms with Crippen molar-refractivity contribution in [3.63, 3.8) is 0 Å². The lowest BCUT2D eigenvalue weighted by atomic mass is 9.64. The minimum atomic E-state index is -0.492. The van der Waals surface area contributed by atoms with E-state index < -0.39 is 6.29 Å². The molecule has 14 heavy (non-hydrogen) atoms. The zero-order valence-electron chi connectivity index (χ0n) is 9.12. The van der Waals surface area contributed by atoms with E-state index in [1.807, 2.05) is 0 Å². The molecule has 0 amide bonds. The summed E-state index contributed by atoms with van der Waals surface area (Å²) in [4.78, 5) is 0. The van der Waals surface area contributed by atoms with E-state index >= 15 is 0 Å². The smallest absolute Gasteiger partial charge is 0.155 e. The maximum absolute atomic E-state index is 9.59. The summed E-state index contributed by atoms with van der Waals surface area (Å²) in [5.41, 5.74) is 0.308. The highest BCUT2D eigenvalue weighted by Gasteiger charge is 2.65. The van der Waals surface area contributed by atoms with Crippen molar-refractivity contribution in [2.24, 2.45) is 17.3 Å². The van der Waals surface area contributed by atoms with Crippen LogP contribution in [0.2, 0.25) is 0 Å². The lowest BCUT2D eigenvalue weighted by Gasteiger charge is -2.46. The van der Waals surface area contributed by atoms with Crippen molar-refractivity contribution in [2.75, 3.05) is 0 Å². The highest BCUT2D eigenvalue weighted by Crippen LogP contribution is 2.66. The van der Waals surface area contributed by atoms with Crippen molar-refractivity contribution in [3.05, 3.63) is 0 Å². The molecule has 3 aliphatic rings. The van der Waals surface area contributed by atoms with Gasteiger partial charge in [0.05, 0.1) is 5.60 Å². The maximum atomic E-state index is 9.59. The van der Waals surface area contributed by atoms with Crippen LogP contribution in [-0.4, -0.2) is 17.0 Å². The third kappa shape index (κ3) is 0.849. The van der Waals surface area contributed by atoms with Gasteiger partial charge in [-0.05, 0) is 42.9 Å². The van der Waals surface area contributed by atoms with Gasteiger partial charge in [0.25, 0.3) is 0 Å². The molecule has 0 aromatic carbocycles. The van der Waals surface area contributed by atoms with E-state index in [1.54, 1.807) is 0 Å². The van der Waals surface area contributed by atoms with Crippen LogP contribution in [0.5, 0.6) is 0 Å². The van der Waals surface area contributed by atoms with Crippen LogP contribution in [0, 0.1) is 17.3 Å². The molecule has 0 aromatic rings. The number of aliphatic hydroxyl groups is 1. The number of fused-ring (bicyclic) bond motifs is 3. The van der Waals surface area contributed by atoms with Crippen LogP contribution in [0.3, 0.4) is 0 Å². The van der Waals surface area contributed by atoms with Crippen molar-refractivity contribution < 1.29 is 9.84 Å². The van der Waals surface area contributed by atoms with Crippen molar-refractivity contribution >= 4 is 0 Å². The molecule has 3 rings (SSSR count). The lowest BCUT2D eigenvalue weighted by Crippen LogP contribution is -2.49. The molecule has 3 fully saturated rings. The molecule has 1 spiro atoms. The predicted octanol–water partition coefficient (Wildman–Crippen LogP) is 2.31. The van der Waals surface area contributed by atoms with E-state index in [9.17, 15) is 5.11 Å². The molecular formula is C12H20O2. The average molecular weight is 196 g/mol. The van der Waals surface area contributed by atoms with Gasteiger partial charge < -0.3 is 9.84 Å². The van der Waals surface area contributed by atoms with Gasteiger partial charge in [-0.2, -0.15) is 0 Å². The van der Waals surface area contributed by atoms with E-state index in [4.69, 9.17) is 4.74 Å². The number of hydrogen-bond acceptors (Lipinski definition) is 2. The Morgan fingerprint density at radius 3 is 2.36 bits per heavy atom. The molecule has 1 heterocycles. The Bertz CT molecular complexity index is 261. The van der Waals surface area contributed by atoms with Crippen molar-refractivity contribution in [2.45, 2.75) is 57.8 Å². The zero-order chi connectivity index (χ0) is 9.97. The third-order valence-electron chi connectivity index (χ3n) is 5.31. The van der Waals surface area contributed by atoms with Gasteiger partial charge in [0.2, 0.25) is 0 Å². The molecule has 0 radical (unpaired) electrons. The second kappa shape index (κ2) is 2.53. The van der Waals surface area contributed by atoms with E-state index in [-0.39, 0.29) is 11.0 Å². The highest BCUT2D eigenvalue weighted by molar-refractivity contribution is 5.14. The summed E-state index contributed by atoms with van der Waals surface area (Å²) >= 11 is 0. The number of ether oxygens (including phenoxy) is 1. The van der Waals surface area contributed by atoms with Gasteiger partial charge in [-0.25, -0.2) is 0 Å². The van der Waals surface area contributed by atoms with Crippen LogP contribution >= 0.6 is 0 Å². The first-order chi connectivity index (χ1) is 6.56. The first-order valence-electron chi connectivity index (χ1n) is 5.92. The topological polar surface area (TPSA) is 29.5 Å². The fourth-order valence-corrected chi connectivity index (χ4v) is 4.41. The van der Waals surface area contributed by atoms with E-state index in [0.717, 1.165) is 24.7 Å². The fraction of sp³-hybridized carbons (Fsp3) is 1.00. The largest absolute Gasteiger partial charge is 0.368 e. The maximum Gasteiger partial charge on any atom is 0.155 e. The monoisotopic (exact) mass is 196 g/mol. The van der Waals surface area contributed by atoms with Gasteiger partial charge in [-0.1, -0.05) is 13.8 Å². The molecule has 80 valence electrons. The Labute approximate surface area is 85.6 Å². The molecular weight excluding hydrogens is 176 g/mol. The Hall–Kier alpha value is -0.0800. The molecule has 1 N–H and O–H groups in total. The van der Waals surface area contributed by atoms with Crippen LogP contribution in [0.1, 0.15) is 46.0 Å². The molecule has 1 unspecified atom stereocenters. The summed E-state index contributed by atoms with van der Waals surface area (Å²) in [7, 11) is 0. The standard InChI is InChI=1S/C12H20O2/c1-11(2)8-3-4-9(7-8)12(11)6-5-10(13)14-12/h8-10,13H,3-7H2,1-2H3/t8-,9+,10?,12-/m1/s1. The predicted molar refractivity (Wildman–Crippen MR) is 53.7 cm³/mol. The molecule has 1 saturated heterocycles. The Morgan fingerprint density at radius 2 is 1.86 bits per heavy atom. The number of hydrogen-bond donors (Lipinski definition) is 1. The quantitative estimate of drug-likeness (QED) is 0.644. The van der Waals surface area contributed by atoms with Gasteiger partial charge >= 0.3 is 0 Å². The van der Waals surface area contributed by atoms with E-state index in [1.165, 1.54) is 19.3 Å². The van der Waals surface area contributed by atoms with Crippen molar-refractivity contribution in [1.82, 2.24) is 0 Å². The number of aliphatic hydroxyl groups excluding tert-OH is 1. The van der Waals surface area contributed by atoms with Crippen LogP contribution in [0.25, 0.3) is 0 Å². The first-order valence-corrected chi connectivity index (χ1v) is 5.92. The van der Waals surface area contributed by atoms with Gasteiger partial charge in [0.15, 0.2) is 6.29 Å². The normalized spacial score (nSPS) is 54.6. The second-order valence-electron chi connectivity index (χ2n) is 5.93. The van der Waals surface area contributed by atoms with Gasteiger partial charge in [-0.3, -0.25) is 0 Å². The van der Waals surface area contributed by atoms with Crippen molar-refractivity contribution in [1.29, 1.82) is 0 Å². The first kappa shape index (κ1) is 9.17. The Morgan fingerprint density at radius 1 is 1.14 bits per heavy atom. The molecule has 1 aliphatic heterocycles. The van der Waals surface area contributed by atoms with Crippen molar-refractivity contribution in [3.8, 4) is 0 Å². The van der Waals surface area contributed by atoms with E-state index in [2.05, 4.69) is 13.8 Å². The number of rotatable bonds is 0. The van der Waals surface area contributed by atoms with Crippen LogP contribution in [-0.2, 0) is 4.74 Å². The summed E-state index contributed by atoms with van der Waals surface area (Å²) in [6.45, 7) is 4.68. The zero-order valence-corrected chi connectivity index (χ0v) is 9.12. The second-order valence-corrected chi connectivity index (χ2v) is 5.93. The summed E-state index contributed by atoms with van der Waals surface area (Å²) in [6.07, 6.45) is 5.45. The molecule has 2 bridgehead atoms. The van der Waals surface area contributed by atoms with Gasteiger partial charge in [-0.15, -0.1) is 0 Å². The third-order valence-corrected chi connectivity index (χ3v) is 5.31. The molecule has 2 heteroatoms. The average Bonchev–Trinajstić information content (AvgIpc) is 2.72. The summed E-state index contributed by atoms with van der Waals surface area (Å²) in [5, 5.41) is 9.59. The summed E-state index contributed by atoms with van der Waals surface area (Å²) < 4.78 is 5.91. The van der Waals surface area contributed by atoms with Crippen LogP contribution in [0.15, 0.2) is 0 Å². The summed E-state index contributed by atoms with van der Waals surface area (Å²) in [5.74, 6) is 1.55. The van der Waals surface area contributed by atoms with Gasteiger partial charge in [0.1, 0.15) is 0 Å².